The Balaban J connectivity index is 0.000000309. The zero-order valence-electron chi connectivity index (χ0n) is 21.4. The Labute approximate surface area is 228 Å². The Morgan fingerprint density at radius 2 is 1.07 bits per heavy atom. The molecule has 3 rings (SSSR count). The topological polar surface area (TPSA) is 264 Å². The number of phenolic OH excluding ortho intramolecular Hbond substituents is 1. The van der Waals surface area contributed by atoms with Crippen molar-refractivity contribution in [1.82, 2.24) is 0 Å². The minimum absolute atomic E-state index is 0.000556. The lowest BCUT2D eigenvalue weighted by Gasteiger charge is -2.02. The highest BCUT2D eigenvalue weighted by Crippen LogP contribution is 2.32. The Kier molecular flexibility index (Phi) is 12.3. The third-order valence-electron chi connectivity index (χ3n) is 4.60. The molecule has 0 spiro atoms. The van der Waals surface area contributed by atoms with Gasteiger partial charge in [0.1, 0.15) is 5.75 Å². The van der Waals surface area contributed by atoms with E-state index >= 15 is 0 Å². The molecule has 1 N–H and O–H groups in total. The van der Waals surface area contributed by atoms with Crippen LogP contribution in [0.3, 0.4) is 0 Å². The molecule has 0 aliphatic rings. The molecule has 0 aromatic heterocycles. The molecule has 0 saturated heterocycles. The number of phenols is 1. The van der Waals surface area contributed by atoms with Crippen LogP contribution >= 0.6 is 0 Å². The van der Waals surface area contributed by atoms with Gasteiger partial charge in [0.15, 0.2) is 17.2 Å². The summed E-state index contributed by atoms with van der Waals surface area (Å²) >= 11 is 0. The van der Waals surface area contributed by atoms with Gasteiger partial charge in [-0.1, -0.05) is 0 Å². The Hall–Kier alpha value is -6.14. The normalized spacial score (nSPS) is 9.54. The lowest BCUT2D eigenvalue weighted by molar-refractivity contribution is -0.395. The molecule has 0 bridgehead atoms. The third kappa shape index (κ3) is 9.59. The summed E-state index contributed by atoms with van der Waals surface area (Å²) < 4.78 is 14.4. The van der Waals surface area contributed by atoms with Crippen molar-refractivity contribution < 1.29 is 43.9 Å². The second-order valence-corrected chi connectivity index (χ2v) is 7.08. The van der Waals surface area contributed by atoms with E-state index in [2.05, 4.69) is 4.74 Å². The maximum Gasteiger partial charge on any atom is 0.317 e. The number of hydrogen-bond acceptors (Lipinski definition) is 14. The van der Waals surface area contributed by atoms with Crippen molar-refractivity contribution in [3.05, 3.63) is 105 Å². The molecule has 41 heavy (non-hydrogen) atoms. The summed E-state index contributed by atoms with van der Waals surface area (Å²) in [7, 11) is 2.66. The fourth-order valence-electron chi connectivity index (χ4n) is 2.75. The maximum absolute atomic E-state index is 10.6. The second-order valence-electron chi connectivity index (χ2n) is 7.08. The smallest absolute Gasteiger partial charge is 0.317 e. The predicted molar refractivity (Wildman–Crippen MR) is 139 cm³/mol. The van der Waals surface area contributed by atoms with Gasteiger partial charge >= 0.3 is 17.1 Å². The summed E-state index contributed by atoms with van der Waals surface area (Å²) in [4.78, 5) is 48.5. The maximum atomic E-state index is 10.6. The zero-order valence-corrected chi connectivity index (χ0v) is 21.4. The first kappa shape index (κ1) is 32.9. The van der Waals surface area contributed by atoms with E-state index in [1.165, 1.54) is 38.5 Å². The highest BCUT2D eigenvalue weighted by atomic mass is 16.6. The van der Waals surface area contributed by atoms with Gasteiger partial charge in [-0.05, 0) is 31.2 Å². The molecular formula is C22H21N5O14. The number of nitro groups is 5. The highest BCUT2D eigenvalue weighted by molar-refractivity contribution is 5.54. The molecule has 0 unspecified atom stereocenters. The van der Waals surface area contributed by atoms with E-state index in [1.54, 1.807) is 6.92 Å². The molecular weight excluding hydrogens is 558 g/mol. The number of methoxy groups -OCH3 is 2. The van der Waals surface area contributed by atoms with Gasteiger partial charge in [0.05, 0.1) is 63.6 Å². The predicted octanol–water partition coefficient (Wildman–Crippen LogP) is 4.72. The van der Waals surface area contributed by atoms with Crippen LogP contribution in [0.2, 0.25) is 0 Å². The van der Waals surface area contributed by atoms with E-state index < -0.39 is 36.0 Å². The lowest BCUT2D eigenvalue weighted by Crippen LogP contribution is -1.98. The van der Waals surface area contributed by atoms with E-state index in [1.807, 2.05) is 0 Å². The summed E-state index contributed by atoms with van der Waals surface area (Å²) in [6.07, 6.45) is 0. The van der Waals surface area contributed by atoms with E-state index in [0.29, 0.717) is 5.75 Å². The monoisotopic (exact) mass is 579 g/mol. The van der Waals surface area contributed by atoms with Gasteiger partial charge in [0.2, 0.25) is 0 Å². The summed E-state index contributed by atoms with van der Waals surface area (Å²) in [5.41, 5.74) is -1.83. The number of non-ortho nitro benzene ring substituents is 2. The van der Waals surface area contributed by atoms with Crippen molar-refractivity contribution in [2.24, 2.45) is 0 Å². The van der Waals surface area contributed by atoms with Gasteiger partial charge in [0.25, 0.3) is 11.4 Å². The number of hydrogen-bond donors (Lipinski definition) is 1. The lowest BCUT2D eigenvalue weighted by atomic mass is 10.2. The fourth-order valence-corrected chi connectivity index (χ4v) is 2.75. The van der Waals surface area contributed by atoms with Crippen LogP contribution in [-0.2, 0) is 0 Å². The minimum atomic E-state index is -0.730. The molecule has 218 valence electrons. The molecule has 0 aliphatic carbocycles. The van der Waals surface area contributed by atoms with E-state index in [-0.39, 0.29) is 40.9 Å². The van der Waals surface area contributed by atoms with Crippen molar-refractivity contribution in [1.29, 1.82) is 0 Å². The van der Waals surface area contributed by atoms with Crippen LogP contribution in [0.1, 0.15) is 6.92 Å². The molecule has 0 fully saturated rings. The van der Waals surface area contributed by atoms with Gasteiger partial charge in [-0.2, -0.15) is 0 Å². The van der Waals surface area contributed by atoms with Gasteiger partial charge in [0, 0.05) is 12.1 Å². The summed E-state index contributed by atoms with van der Waals surface area (Å²) in [6, 6.07) is 10.3. The van der Waals surface area contributed by atoms with Gasteiger partial charge in [-0.15, -0.1) is 0 Å². The van der Waals surface area contributed by atoms with Crippen molar-refractivity contribution in [3.8, 4) is 23.0 Å². The van der Waals surface area contributed by atoms with Crippen molar-refractivity contribution in [2.75, 3.05) is 20.8 Å². The SMILES string of the molecule is CCOc1ccc([N+](=O)[O-])cc1[N+](=O)[O-].COc1ccc(O)c([N+](=O)[O-])c1.COc1ccc([N+](=O)[O-])cc1[N+](=O)[O-]. The average molecular weight is 579 g/mol. The molecule has 0 atom stereocenters. The van der Waals surface area contributed by atoms with Gasteiger partial charge in [-0.25, -0.2) is 0 Å². The van der Waals surface area contributed by atoms with Crippen LogP contribution in [0.15, 0.2) is 54.6 Å². The Bertz CT molecular complexity index is 1450. The van der Waals surface area contributed by atoms with Crippen LogP contribution in [-0.4, -0.2) is 50.5 Å². The quantitative estimate of drug-likeness (QED) is 0.265. The summed E-state index contributed by atoms with van der Waals surface area (Å²) in [5, 5.41) is 61.0. The van der Waals surface area contributed by atoms with Crippen LogP contribution in [0.5, 0.6) is 23.0 Å². The molecule has 0 amide bonds. The van der Waals surface area contributed by atoms with Crippen molar-refractivity contribution in [3.63, 3.8) is 0 Å². The summed E-state index contributed by atoms with van der Waals surface area (Å²) in [6.45, 7) is 1.93. The standard InChI is InChI=1S/C8H8N2O5.C7H6N2O5.C7H7NO4/c1-2-15-8-4-3-6(9(11)12)5-7(8)10(13)14;1-14-7-3-2-5(8(10)11)4-6(7)9(12)13;1-12-5-2-3-7(9)6(4-5)8(10)11/h3-5H,2H2,1H3;2-4H,1H3;2-4,9H,1H3. The van der Waals surface area contributed by atoms with Crippen LogP contribution < -0.4 is 14.2 Å². The van der Waals surface area contributed by atoms with Crippen LogP contribution in [0, 0.1) is 50.6 Å². The fraction of sp³-hybridized carbons (Fsp3) is 0.182. The molecule has 19 nitrogen and oxygen atoms in total. The first-order valence-electron chi connectivity index (χ1n) is 10.8. The first-order valence-corrected chi connectivity index (χ1v) is 10.8. The molecule has 3 aromatic carbocycles. The summed E-state index contributed by atoms with van der Waals surface area (Å²) in [5.74, 6) is 0.0222. The molecule has 0 aliphatic heterocycles. The number of aromatic hydroxyl groups is 1. The van der Waals surface area contributed by atoms with E-state index in [4.69, 9.17) is 14.6 Å². The number of benzene rings is 3. The van der Waals surface area contributed by atoms with E-state index in [9.17, 15) is 50.6 Å². The molecule has 0 heterocycles. The van der Waals surface area contributed by atoms with Gasteiger partial charge < -0.3 is 19.3 Å². The van der Waals surface area contributed by atoms with Crippen LogP contribution in [0.4, 0.5) is 28.4 Å². The minimum Gasteiger partial charge on any atom is -0.502 e. The highest BCUT2D eigenvalue weighted by Gasteiger charge is 2.21. The first-order chi connectivity index (χ1) is 19.3. The third-order valence-corrected chi connectivity index (χ3v) is 4.60. The number of ether oxygens (including phenoxy) is 3. The Morgan fingerprint density at radius 3 is 1.46 bits per heavy atom. The zero-order chi connectivity index (χ0) is 31.3. The average Bonchev–Trinajstić information content (AvgIpc) is 2.93. The molecule has 19 heteroatoms. The van der Waals surface area contributed by atoms with Gasteiger partial charge in [-0.3, -0.25) is 50.6 Å². The number of nitro benzene ring substituents is 5. The molecule has 0 saturated carbocycles. The van der Waals surface area contributed by atoms with Crippen molar-refractivity contribution >= 4 is 28.4 Å². The van der Waals surface area contributed by atoms with E-state index in [0.717, 1.165) is 30.3 Å². The molecule has 0 radical (unpaired) electrons. The number of nitrogens with zero attached hydrogens (tertiary/aromatic N) is 5. The largest absolute Gasteiger partial charge is 0.502 e. The molecule has 3 aromatic rings. The number of rotatable bonds is 9. The second kappa shape index (κ2) is 15.3. The van der Waals surface area contributed by atoms with Crippen molar-refractivity contribution in [2.45, 2.75) is 6.92 Å². The van der Waals surface area contributed by atoms with Crippen LogP contribution in [0.25, 0.3) is 0 Å². The Morgan fingerprint density at radius 1 is 0.610 bits per heavy atom.